The maximum absolute atomic E-state index is 11.9. The number of nitrogens with zero attached hydrogens (tertiary/aromatic N) is 1. The molecule has 0 aliphatic rings. The number of hydrogen-bond acceptors (Lipinski definition) is 2. The summed E-state index contributed by atoms with van der Waals surface area (Å²) in [7, 11) is 0. The van der Waals surface area contributed by atoms with Crippen molar-refractivity contribution in [1.82, 2.24) is 0 Å². The minimum atomic E-state index is -0.0572. The van der Waals surface area contributed by atoms with Crippen LogP contribution in [0.3, 0.4) is 0 Å². The van der Waals surface area contributed by atoms with Gasteiger partial charge in [0, 0.05) is 22.2 Å². The normalized spacial score (nSPS) is 10.2. The Labute approximate surface area is 126 Å². The topological polar surface area (TPSA) is 47.0 Å². The molecule has 1 heterocycles. The molecule has 0 saturated heterocycles. The Morgan fingerprint density at radius 1 is 1.16 bits per heavy atom. The van der Waals surface area contributed by atoms with Gasteiger partial charge in [0.2, 0.25) is 0 Å². The predicted octanol–water partition coefficient (Wildman–Crippen LogP) is -0.324. The number of nitrogens with two attached hydrogens (primary N) is 1. The second-order valence-electron chi connectivity index (χ2n) is 3.72. The zero-order chi connectivity index (χ0) is 13.0. The van der Waals surface area contributed by atoms with Crippen molar-refractivity contribution < 1.29 is 21.8 Å². The maximum atomic E-state index is 11.9. The third-order valence-electron chi connectivity index (χ3n) is 2.44. The number of pyridine rings is 1. The minimum Gasteiger partial charge on any atom is -1.00 e. The lowest BCUT2D eigenvalue weighted by Crippen LogP contribution is -3.00. The Hall–Kier alpha value is -1.65. The summed E-state index contributed by atoms with van der Waals surface area (Å²) in [5.41, 5.74) is 6.40. The number of hydrogen-bond donors (Lipinski definition) is 1. The lowest BCUT2D eigenvalue weighted by Gasteiger charge is -1.97. The average Bonchev–Trinajstić information content (AvgIpc) is 2.38. The van der Waals surface area contributed by atoms with Crippen molar-refractivity contribution in [2.75, 3.05) is 5.73 Å². The standard InChI is InChI=1S/C14H11BrN2O.ClH/c15-12-6-4-11(5-7-12)13(18)8-10-17-9-2-1-3-14(17)16;/h1-10,16H;1H. The van der Waals surface area contributed by atoms with Crippen molar-refractivity contribution in [2.45, 2.75) is 0 Å². The van der Waals surface area contributed by atoms with Gasteiger partial charge in [0.25, 0.3) is 5.82 Å². The van der Waals surface area contributed by atoms with Crippen LogP contribution >= 0.6 is 15.9 Å². The van der Waals surface area contributed by atoms with Crippen LogP contribution in [0.4, 0.5) is 5.82 Å². The molecule has 19 heavy (non-hydrogen) atoms. The van der Waals surface area contributed by atoms with E-state index in [1.165, 1.54) is 6.08 Å². The van der Waals surface area contributed by atoms with E-state index in [0.717, 1.165) is 4.47 Å². The van der Waals surface area contributed by atoms with Gasteiger partial charge in [0.1, 0.15) is 0 Å². The first-order valence-electron chi connectivity index (χ1n) is 5.40. The van der Waals surface area contributed by atoms with Crippen molar-refractivity contribution in [3.8, 4) is 0 Å². The highest BCUT2D eigenvalue weighted by Gasteiger charge is 2.03. The summed E-state index contributed by atoms with van der Waals surface area (Å²) < 4.78 is 2.64. The molecule has 0 atom stereocenters. The number of halogens is 2. The first kappa shape index (κ1) is 15.4. The number of anilines is 1. The number of aromatic nitrogens is 1. The molecule has 0 amide bonds. The van der Waals surface area contributed by atoms with Crippen molar-refractivity contribution in [2.24, 2.45) is 0 Å². The molecule has 1 aromatic heterocycles. The largest absolute Gasteiger partial charge is 1.00 e. The van der Waals surface area contributed by atoms with E-state index in [2.05, 4.69) is 15.9 Å². The van der Waals surface area contributed by atoms with Gasteiger partial charge in [-0.3, -0.25) is 10.5 Å². The highest BCUT2D eigenvalue weighted by molar-refractivity contribution is 9.10. The Bertz CT molecular complexity index is 597. The van der Waals surface area contributed by atoms with Gasteiger partial charge >= 0.3 is 0 Å². The van der Waals surface area contributed by atoms with E-state index in [1.54, 1.807) is 35.2 Å². The van der Waals surface area contributed by atoms with Crippen LogP contribution in [0.25, 0.3) is 6.20 Å². The zero-order valence-electron chi connectivity index (χ0n) is 9.96. The quantitative estimate of drug-likeness (QED) is 0.473. The lowest BCUT2D eigenvalue weighted by atomic mass is 10.1. The molecule has 0 unspecified atom stereocenters. The fourth-order valence-electron chi connectivity index (χ4n) is 1.46. The molecule has 0 bridgehead atoms. The minimum absolute atomic E-state index is 0. The molecular formula is C14H12BrClN2O. The van der Waals surface area contributed by atoms with E-state index in [1.807, 2.05) is 24.3 Å². The summed E-state index contributed by atoms with van der Waals surface area (Å²) in [6.07, 6.45) is 4.94. The first-order chi connectivity index (χ1) is 8.66. The van der Waals surface area contributed by atoms with Crippen LogP contribution in [0.5, 0.6) is 0 Å². The Morgan fingerprint density at radius 2 is 1.84 bits per heavy atom. The van der Waals surface area contributed by atoms with Crippen LogP contribution in [-0.2, 0) is 0 Å². The summed E-state index contributed by atoms with van der Waals surface area (Å²) in [5, 5.41) is 0. The van der Waals surface area contributed by atoms with Crippen molar-refractivity contribution >= 4 is 33.7 Å². The second kappa shape index (κ2) is 7.07. The SMILES string of the molecule is Nc1cccc[n+]1C=CC(=O)c1ccc(Br)cc1.[Cl-]. The number of rotatable bonds is 3. The monoisotopic (exact) mass is 338 g/mol. The van der Waals surface area contributed by atoms with Gasteiger partial charge in [-0.1, -0.05) is 22.0 Å². The van der Waals surface area contributed by atoms with E-state index in [-0.39, 0.29) is 18.2 Å². The third-order valence-corrected chi connectivity index (χ3v) is 2.97. The van der Waals surface area contributed by atoms with E-state index < -0.39 is 0 Å². The van der Waals surface area contributed by atoms with Crippen molar-refractivity contribution in [1.29, 1.82) is 0 Å². The molecule has 0 radical (unpaired) electrons. The number of benzene rings is 1. The zero-order valence-corrected chi connectivity index (χ0v) is 12.3. The molecule has 0 saturated carbocycles. The highest BCUT2D eigenvalue weighted by atomic mass is 79.9. The third kappa shape index (κ3) is 4.19. The number of ketones is 1. The number of carbonyl (C=O) groups excluding carboxylic acids is 1. The molecule has 0 aliphatic carbocycles. The van der Waals surface area contributed by atoms with Crippen molar-refractivity contribution in [3.05, 3.63) is 64.8 Å². The molecule has 0 aliphatic heterocycles. The predicted molar refractivity (Wildman–Crippen MR) is 74.9 cm³/mol. The number of allylic oxidation sites excluding steroid dienone is 1. The highest BCUT2D eigenvalue weighted by Crippen LogP contribution is 2.11. The van der Waals surface area contributed by atoms with Crippen LogP contribution in [0, 0.1) is 0 Å². The smallest absolute Gasteiger partial charge is 0.276 e. The number of nitrogen functional groups attached to an aromatic ring is 1. The second-order valence-corrected chi connectivity index (χ2v) is 4.64. The Kier molecular flexibility index (Phi) is 5.73. The van der Waals surface area contributed by atoms with E-state index >= 15 is 0 Å². The van der Waals surface area contributed by atoms with E-state index in [9.17, 15) is 4.79 Å². The van der Waals surface area contributed by atoms with Gasteiger partial charge in [-0.2, -0.15) is 0 Å². The van der Waals surface area contributed by atoms with Gasteiger partial charge in [0.15, 0.2) is 5.78 Å². The van der Waals surface area contributed by atoms with Crippen molar-refractivity contribution in [3.63, 3.8) is 0 Å². The van der Waals surface area contributed by atoms with Crippen LogP contribution in [0.2, 0.25) is 0 Å². The van der Waals surface area contributed by atoms with E-state index in [4.69, 9.17) is 5.73 Å². The van der Waals surface area contributed by atoms with Crippen LogP contribution in [0.15, 0.2) is 59.2 Å². The van der Waals surface area contributed by atoms with Gasteiger partial charge in [-0.05, 0) is 30.3 Å². The molecule has 0 spiro atoms. The molecule has 5 heteroatoms. The molecule has 98 valence electrons. The average molecular weight is 340 g/mol. The summed E-state index contributed by atoms with van der Waals surface area (Å²) in [5.74, 6) is 0.524. The fraction of sp³-hybridized carbons (Fsp3) is 0. The van der Waals surface area contributed by atoms with Crippen LogP contribution < -0.4 is 22.7 Å². The molecule has 2 N–H and O–H groups in total. The lowest BCUT2D eigenvalue weighted by molar-refractivity contribution is -0.552. The Morgan fingerprint density at radius 3 is 2.47 bits per heavy atom. The molecule has 2 aromatic rings. The molecule has 3 nitrogen and oxygen atoms in total. The molecular weight excluding hydrogens is 328 g/mol. The summed E-state index contributed by atoms with van der Waals surface area (Å²) in [4.78, 5) is 11.9. The van der Waals surface area contributed by atoms with Crippen LogP contribution in [-0.4, -0.2) is 5.78 Å². The van der Waals surface area contributed by atoms with Gasteiger partial charge in [-0.25, -0.2) is 4.57 Å². The maximum Gasteiger partial charge on any atom is 0.276 e. The van der Waals surface area contributed by atoms with Gasteiger partial charge in [-0.15, -0.1) is 0 Å². The molecule has 0 fully saturated rings. The Balaban J connectivity index is 0.00000180. The molecule has 1 aromatic carbocycles. The van der Waals surface area contributed by atoms with Gasteiger partial charge in [0.05, 0.1) is 12.4 Å². The van der Waals surface area contributed by atoms with Crippen LogP contribution in [0.1, 0.15) is 10.4 Å². The summed E-state index contributed by atoms with van der Waals surface area (Å²) in [6.45, 7) is 0. The first-order valence-corrected chi connectivity index (χ1v) is 6.20. The molecule has 2 rings (SSSR count). The number of carbonyl (C=O) groups is 1. The van der Waals surface area contributed by atoms with E-state index in [0.29, 0.717) is 11.4 Å². The summed E-state index contributed by atoms with van der Waals surface area (Å²) >= 11 is 3.33. The summed E-state index contributed by atoms with van der Waals surface area (Å²) in [6, 6.07) is 12.7. The fourth-order valence-corrected chi connectivity index (χ4v) is 1.73. The van der Waals surface area contributed by atoms with Gasteiger partial charge < -0.3 is 12.4 Å².